The van der Waals surface area contributed by atoms with E-state index in [4.69, 9.17) is 9.47 Å². The van der Waals surface area contributed by atoms with Crippen molar-refractivity contribution in [3.05, 3.63) is 29.8 Å². The second kappa shape index (κ2) is 8.74. The highest BCUT2D eigenvalue weighted by molar-refractivity contribution is 5.66. The number of benzene rings is 1. The van der Waals surface area contributed by atoms with Crippen LogP contribution in [0.25, 0.3) is 0 Å². The van der Waals surface area contributed by atoms with E-state index in [1.54, 1.807) is 7.11 Å². The highest BCUT2D eigenvalue weighted by atomic mass is 16.5. The normalized spacial score (nSPS) is 17.5. The average molecular weight is 321 g/mol. The SMILES string of the molecule is CCN1CCN(C(CNC(=O)OC)c2ccc(OC)cc2)CC1. The summed E-state index contributed by atoms with van der Waals surface area (Å²) in [6, 6.07) is 8.19. The molecule has 1 atom stereocenters. The van der Waals surface area contributed by atoms with Gasteiger partial charge in [0.25, 0.3) is 0 Å². The average Bonchev–Trinajstić information content (AvgIpc) is 2.62. The van der Waals surface area contributed by atoms with Crippen LogP contribution in [0.5, 0.6) is 5.75 Å². The van der Waals surface area contributed by atoms with Crippen molar-refractivity contribution in [1.82, 2.24) is 15.1 Å². The molecule has 1 unspecified atom stereocenters. The van der Waals surface area contributed by atoms with E-state index >= 15 is 0 Å². The summed E-state index contributed by atoms with van der Waals surface area (Å²) in [6.45, 7) is 7.91. The third-order valence-electron chi connectivity index (χ3n) is 4.42. The lowest BCUT2D eigenvalue weighted by atomic mass is 10.0. The number of ether oxygens (including phenoxy) is 2. The van der Waals surface area contributed by atoms with Gasteiger partial charge in [0, 0.05) is 32.7 Å². The molecule has 6 nitrogen and oxygen atoms in total. The summed E-state index contributed by atoms with van der Waals surface area (Å²) in [5.74, 6) is 0.837. The molecule has 6 heteroatoms. The van der Waals surface area contributed by atoms with Crippen LogP contribution in [-0.2, 0) is 4.74 Å². The van der Waals surface area contributed by atoms with E-state index in [-0.39, 0.29) is 6.04 Å². The van der Waals surface area contributed by atoms with E-state index in [9.17, 15) is 4.79 Å². The van der Waals surface area contributed by atoms with Crippen molar-refractivity contribution in [1.29, 1.82) is 0 Å². The van der Waals surface area contributed by atoms with Crippen LogP contribution in [0.4, 0.5) is 4.79 Å². The fraction of sp³-hybridized carbons (Fsp3) is 0.588. The zero-order chi connectivity index (χ0) is 16.7. The number of nitrogens with one attached hydrogen (secondary N) is 1. The maximum absolute atomic E-state index is 11.4. The van der Waals surface area contributed by atoms with Gasteiger partial charge in [0.15, 0.2) is 0 Å². The molecule has 0 aliphatic carbocycles. The molecule has 128 valence electrons. The van der Waals surface area contributed by atoms with Crippen molar-refractivity contribution >= 4 is 6.09 Å². The van der Waals surface area contributed by atoms with Crippen molar-refractivity contribution in [3.63, 3.8) is 0 Å². The van der Waals surface area contributed by atoms with Crippen LogP contribution >= 0.6 is 0 Å². The van der Waals surface area contributed by atoms with Crippen LogP contribution in [-0.4, -0.2) is 69.4 Å². The predicted molar refractivity (Wildman–Crippen MR) is 89.8 cm³/mol. The first-order valence-corrected chi connectivity index (χ1v) is 8.10. The van der Waals surface area contributed by atoms with Gasteiger partial charge in [-0.1, -0.05) is 19.1 Å². The van der Waals surface area contributed by atoms with E-state index in [0.29, 0.717) is 6.54 Å². The minimum Gasteiger partial charge on any atom is -0.497 e. The largest absolute Gasteiger partial charge is 0.497 e. The smallest absolute Gasteiger partial charge is 0.406 e. The molecule has 0 radical (unpaired) electrons. The topological polar surface area (TPSA) is 54.0 Å². The van der Waals surface area contributed by atoms with Crippen LogP contribution in [0.2, 0.25) is 0 Å². The van der Waals surface area contributed by atoms with Gasteiger partial charge < -0.3 is 19.7 Å². The Bertz CT molecular complexity index is 484. The molecule has 1 aliphatic heterocycles. The number of nitrogens with zero attached hydrogens (tertiary/aromatic N) is 2. The van der Waals surface area contributed by atoms with Gasteiger partial charge >= 0.3 is 6.09 Å². The quantitative estimate of drug-likeness (QED) is 0.865. The van der Waals surface area contributed by atoms with Crippen molar-refractivity contribution in [3.8, 4) is 5.75 Å². The Kier molecular flexibility index (Phi) is 6.67. The van der Waals surface area contributed by atoms with Crippen molar-refractivity contribution in [2.75, 3.05) is 53.5 Å². The number of methoxy groups -OCH3 is 2. The summed E-state index contributed by atoms with van der Waals surface area (Å²) in [5, 5.41) is 2.83. The number of amides is 1. The number of carbonyl (C=O) groups excluding carboxylic acids is 1. The minimum absolute atomic E-state index is 0.138. The lowest BCUT2D eigenvalue weighted by Crippen LogP contribution is -2.49. The highest BCUT2D eigenvalue weighted by Crippen LogP contribution is 2.24. The lowest BCUT2D eigenvalue weighted by Gasteiger charge is -2.39. The summed E-state index contributed by atoms with van der Waals surface area (Å²) in [4.78, 5) is 16.3. The Balaban J connectivity index is 2.08. The maximum atomic E-state index is 11.4. The van der Waals surface area contributed by atoms with Gasteiger partial charge in [-0.15, -0.1) is 0 Å². The first kappa shape index (κ1) is 17.6. The minimum atomic E-state index is -0.393. The summed E-state index contributed by atoms with van der Waals surface area (Å²) in [6.07, 6.45) is -0.393. The molecule has 1 saturated heterocycles. The fourth-order valence-electron chi connectivity index (χ4n) is 2.93. The van der Waals surface area contributed by atoms with Gasteiger partial charge in [0.1, 0.15) is 5.75 Å². The van der Waals surface area contributed by atoms with Crippen LogP contribution in [0.3, 0.4) is 0 Å². The van der Waals surface area contributed by atoms with Gasteiger partial charge in [-0.25, -0.2) is 4.79 Å². The van der Waals surface area contributed by atoms with E-state index < -0.39 is 6.09 Å². The Hall–Kier alpha value is -1.79. The lowest BCUT2D eigenvalue weighted by molar-refractivity contribution is 0.0963. The number of rotatable bonds is 6. The Morgan fingerprint density at radius 1 is 1.17 bits per heavy atom. The number of likely N-dealkylation sites (N-methyl/N-ethyl adjacent to an activating group) is 1. The molecule has 0 saturated carbocycles. The van der Waals surface area contributed by atoms with Gasteiger partial charge in [-0.05, 0) is 24.2 Å². The first-order chi connectivity index (χ1) is 11.2. The second-order valence-corrected chi connectivity index (χ2v) is 5.63. The third kappa shape index (κ3) is 4.84. The molecule has 1 aliphatic rings. The molecule has 1 heterocycles. The van der Waals surface area contributed by atoms with Gasteiger partial charge in [0.05, 0.1) is 20.3 Å². The molecular weight excluding hydrogens is 294 g/mol. The highest BCUT2D eigenvalue weighted by Gasteiger charge is 2.25. The molecule has 1 N–H and O–H groups in total. The molecule has 0 aromatic heterocycles. The standard InChI is InChI=1S/C17H27N3O3/c1-4-19-9-11-20(12-10-19)16(13-18-17(21)23-3)14-5-7-15(22-2)8-6-14/h5-8,16H,4,9-13H2,1-3H3,(H,18,21). The predicted octanol–water partition coefficient (Wildman–Crippen LogP) is 1.73. The molecule has 2 rings (SSSR count). The zero-order valence-electron chi connectivity index (χ0n) is 14.2. The van der Waals surface area contributed by atoms with E-state index in [0.717, 1.165) is 38.5 Å². The number of carbonyl (C=O) groups is 1. The summed E-state index contributed by atoms with van der Waals surface area (Å²) >= 11 is 0. The van der Waals surface area contributed by atoms with Gasteiger partial charge in [-0.3, -0.25) is 4.90 Å². The third-order valence-corrected chi connectivity index (χ3v) is 4.42. The summed E-state index contributed by atoms with van der Waals surface area (Å²) < 4.78 is 9.93. The fourth-order valence-corrected chi connectivity index (χ4v) is 2.93. The number of piperazine rings is 1. The van der Waals surface area contributed by atoms with Crippen molar-refractivity contribution < 1.29 is 14.3 Å². The van der Waals surface area contributed by atoms with Gasteiger partial charge in [-0.2, -0.15) is 0 Å². The number of alkyl carbamates (subject to hydrolysis) is 1. The Morgan fingerprint density at radius 3 is 2.35 bits per heavy atom. The Labute approximate surface area is 138 Å². The van der Waals surface area contributed by atoms with Crippen molar-refractivity contribution in [2.45, 2.75) is 13.0 Å². The second-order valence-electron chi connectivity index (χ2n) is 5.63. The van der Waals surface area contributed by atoms with E-state index in [2.05, 4.69) is 34.2 Å². The molecular formula is C17H27N3O3. The van der Waals surface area contributed by atoms with E-state index in [1.807, 2.05) is 12.1 Å². The molecule has 1 aromatic carbocycles. The van der Waals surface area contributed by atoms with Crippen LogP contribution in [0.15, 0.2) is 24.3 Å². The molecule has 1 amide bonds. The monoisotopic (exact) mass is 321 g/mol. The molecule has 0 bridgehead atoms. The molecule has 23 heavy (non-hydrogen) atoms. The van der Waals surface area contributed by atoms with Crippen LogP contribution in [0.1, 0.15) is 18.5 Å². The van der Waals surface area contributed by atoms with Crippen LogP contribution < -0.4 is 10.1 Å². The molecule has 1 fully saturated rings. The summed E-state index contributed by atoms with van der Waals surface area (Å²) in [7, 11) is 3.05. The first-order valence-electron chi connectivity index (χ1n) is 8.10. The van der Waals surface area contributed by atoms with Crippen molar-refractivity contribution in [2.24, 2.45) is 0 Å². The van der Waals surface area contributed by atoms with Crippen LogP contribution in [0, 0.1) is 0 Å². The number of hydrogen-bond acceptors (Lipinski definition) is 5. The summed E-state index contributed by atoms with van der Waals surface area (Å²) in [5.41, 5.74) is 1.17. The van der Waals surface area contributed by atoms with E-state index in [1.165, 1.54) is 12.7 Å². The van der Waals surface area contributed by atoms with Gasteiger partial charge in [0.2, 0.25) is 0 Å². The zero-order valence-corrected chi connectivity index (χ0v) is 14.2. The maximum Gasteiger partial charge on any atom is 0.406 e. The number of hydrogen-bond donors (Lipinski definition) is 1. The Morgan fingerprint density at radius 2 is 1.83 bits per heavy atom. The molecule has 1 aromatic rings. The molecule has 0 spiro atoms.